The van der Waals surface area contributed by atoms with Gasteiger partial charge < -0.3 is 4.74 Å². The Kier molecular flexibility index (Phi) is 1.56. The predicted molar refractivity (Wildman–Crippen MR) is 32.9 cm³/mol. The SMILES string of the molecule is C[C@H]1C[C@@H](Br)C(=O)O1. The van der Waals surface area contributed by atoms with E-state index in [4.69, 9.17) is 4.74 Å². The van der Waals surface area contributed by atoms with Gasteiger partial charge in [0.25, 0.3) is 0 Å². The van der Waals surface area contributed by atoms with E-state index in [0.29, 0.717) is 0 Å². The van der Waals surface area contributed by atoms with Gasteiger partial charge in [0.15, 0.2) is 0 Å². The van der Waals surface area contributed by atoms with Crippen LogP contribution >= 0.6 is 15.9 Å². The summed E-state index contributed by atoms with van der Waals surface area (Å²) in [5.74, 6) is -0.127. The van der Waals surface area contributed by atoms with Gasteiger partial charge in [0, 0.05) is 6.42 Å². The Morgan fingerprint density at radius 1 is 1.88 bits per heavy atom. The Morgan fingerprint density at radius 2 is 2.50 bits per heavy atom. The standard InChI is InChI=1S/C5H7BrO2/c1-3-2-4(6)5(7)8-3/h3-4H,2H2,1H3/t3-,4+/m0/s1. The number of carbonyl (C=O) groups excluding carboxylic acids is 1. The van der Waals surface area contributed by atoms with E-state index in [-0.39, 0.29) is 16.9 Å². The maximum atomic E-state index is 10.5. The summed E-state index contributed by atoms with van der Waals surface area (Å²) in [5.41, 5.74) is 0. The first-order valence-corrected chi connectivity index (χ1v) is 3.46. The third kappa shape index (κ3) is 1.02. The van der Waals surface area contributed by atoms with E-state index in [9.17, 15) is 4.79 Å². The average Bonchev–Trinajstić information content (AvgIpc) is 1.85. The first-order chi connectivity index (χ1) is 3.70. The molecule has 0 unspecified atom stereocenters. The minimum Gasteiger partial charge on any atom is -0.462 e. The summed E-state index contributed by atoms with van der Waals surface area (Å²) in [5, 5.41) is 0. The van der Waals surface area contributed by atoms with Crippen LogP contribution in [0, 0.1) is 0 Å². The Hall–Kier alpha value is -0.0500. The van der Waals surface area contributed by atoms with Crippen LogP contribution in [-0.4, -0.2) is 16.9 Å². The van der Waals surface area contributed by atoms with Crippen LogP contribution in [0.2, 0.25) is 0 Å². The Balaban J connectivity index is 2.51. The zero-order valence-electron chi connectivity index (χ0n) is 4.56. The Bertz CT molecular complexity index is 113. The lowest BCUT2D eigenvalue weighted by Crippen LogP contribution is -2.04. The highest BCUT2D eigenvalue weighted by Crippen LogP contribution is 2.20. The molecule has 0 spiro atoms. The van der Waals surface area contributed by atoms with Crippen molar-refractivity contribution in [2.24, 2.45) is 0 Å². The lowest BCUT2D eigenvalue weighted by molar-refractivity contribution is -0.140. The third-order valence-corrected chi connectivity index (χ3v) is 1.86. The van der Waals surface area contributed by atoms with Gasteiger partial charge >= 0.3 is 5.97 Å². The van der Waals surface area contributed by atoms with Gasteiger partial charge in [0.1, 0.15) is 10.9 Å². The number of cyclic esters (lactones) is 1. The van der Waals surface area contributed by atoms with E-state index < -0.39 is 0 Å². The molecule has 1 heterocycles. The van der Waals surface area contributed by atoms with Crippen LogP contribution in [0.3, 0.4) is 0 Å². The predicted octanol–water partition coefficient (Wildman–Crippen LogP) is 1.09. The van der Waals surface area contributed by atoms with Crippen molar-refractivity contribution >= 4 is 21.9 Å². The number of hydrogen-bond acceptors (Lipinski definition) is 2. The van der Waals surface area contributed by atoms with Crippen LogP contribution in [0.5, 0.6) is 0 Å². The molecule has 8 heavy (non-hydrogen) atoms. The van der Waals surface area contributed by atoms with Crippen LogP contribution in [0.1, 0.15) is 13.3 Å². The molecule has 2 atom stereocenters. The van der Waals surface area contributed by atoms with Gasteiger partial charge in [-0.05, 0) is 6.92 Å². The van der Waals surface area contributed by atoms with Crippen molar-refractivity contribution in [3.8, 4) is 0 Å². The minimum atomic E-state index is -0.127. The van der Waals surface area contributed by atoms with Crippen LogP contribution in [0.25, 0.3) is 0 Å². The second-order valence-electron chi connectivity index (χ2n) is 1.95. The lowest BCUT2D eigenvalue weighted by atomic mass is 10.3. The van der Waals surface area contributed by atoms with Crippen molar-refractivity contribution in [3.63, 3.8) is 0 Å². The Labute approximate surface area is 56.3 Å². The highest BCUT2D eigenvalue weighted by molar-refractivity contribution is 9.10. The first-order valence-electron chi connectivity index (χ1n) is 2.54. The second-order valence-corrected chi connectivity index (χ2v) is 3.06. The van der Waals surface area contributed by atoms with Gasteiger partial charge in [-0.25, -0.2) is 0 Å². The van der Waals surface area contributed by atoms with Gasteiger partial charge in [0.2, 0.25) is 0 Å². The van der Waals surface area contributed by atoms with Gasteiger partial charge in [-0.15, -0.1) is 0 Å². The molecule has 46 valence electrons. The fourth-order valence-electron chi connectivity index (χ4n) is 0.708. The highest BCUT2D eigenvalue weighted by atomic mass is 79.9. The van der Waals surface area contributed by atoms with Gasteiger partial charge in [-0.1, -0.05) is 15.9 Å². The molecule has 1 fully saturated rings. The first kappa shape index (κ1) is 6.08. The summed E-state index contributed by atoms with van der Waals surface area (Å²) >= 11 is 3.17. The van der Waals surface area contributed by atoms with Crippen molar-refractivity contribution in [2.75, 3.05) is 0 Å². The van der Waals surface area contributed by atoms with E-state index in [1.165, 1.54) is 0 Å². The van der Waals surface area contributed by atoms with Crippen LogP contribution in [0.4, 0.5) is 0 Å². The number of alkyl halides is 1. The fraction of sp³-hybridized carbons (Fsp3) is 0.800. The molecule has 0 aromatic carbocycles. The fourth-order valence-corrected chi connectivity index (χ4v) is 1.34. The minimum absolute atomic E-state index is 0.0579. The summed E-state index contributed by atoms with van der Waals surface area (Å²) < 4.78 is 4.79. The molecule has 3 heteroatoms. The molecule has 0 bridgehead atoms. The van der Waals surface area contributed by atoms with Crippen molar-refractivity contribution < 1.29 is 9.53 Å². The average molecular weight is 179 g/mol. The van der Waals surface area contributed by atoms with E-state index in [1.54, 1.807) is 0 Å². The van der Waals surface area contributed by atoms with E-state index in [1.807, 2.05) is 6.92 Å². The molecule has 2 nitrogen and oxygen atoms in total. The second kappa shape index (κ2) is 2.05. The molecule has 0 aliphatic carbocycles. The molecule has 0 N–H and O–H groups in total. The molecule has 1 aliphatic rings. The van der Waals surface area contributed by atoms with Gasteiger partial charge in [-0.2, -0.15) is 0 Å². The van der Waals surface area contributed by atoms with E-state index >= 15 is 0 Å². The molecule has 0 aromatic heterocycles. The molecule has 0 radical (unpaired) electrons. The zero-order chi connectivity index (χ0) is 6.15. The Morgan fingerprint density at radius 3 is 2.62 bits per heavy atom. The van der Waals surface area contributed by atoms with Crippen molar-refractivity contribution in [3.05, 3.63) is 0 Å². The number of hydrogen-bond donors (Lipinski definition) is 0. The number of carbonyl (C=O) groups is 1. The van der Waals surface area contributed by atoms with Gasteiger partial charge in [-0.3, -0.25) is 4.79 Å². The monoisotopic (exact) mass is 178 g/mol. The van der Waals surface area contributed by atoms with Gasteiger partial charge in [0.05, 0.1) is 0 Å². The number of ether oxygens (including phenoxy) is 1. The highest BCUT2D eigenvalue weighted by Gasteiger charge is 2.28. The summed E-state index contributed by atoms with van der Waals surface area (Å²) in [4.78, 5) is 10.5. The quantitative estimate of drug-likeness (QED) is 0.411. The topological polar surface area (TPSA) is 26.3 Å². The molecular weight excluding hydrogens is 172 g/mol. The number of halogens is 1. The van der Waals surface area contributed by atoms with E-state index in [0.717, 1.165) is 6.42 Å². The summed E-state index contributed by atoms with van der Waals surface area (Å²) in [6, 6.07) is 0. The molecule has 0 amide bonds. The summed E-state index contributed by atoms with van der Waals surface area (Å²) in [6.45, 7) is 1.89. The molecule has 1 rings (SSSR count). The van der Waals surface area contributed by atoms with Crippen LogP contribution in [-0.2, 0) is 9.53 Å². The number of rotatable bonds is 0. The molecular formula is C5H7BrO2. The van der Waals surface area contributed by atoms with Crippen LogP contribution < -0.4 is 0 Å². The summed E-state index contributed by atoms with van der Waals surface area (Å²) in [6.07, 6.45) is 0.908. The van der Waals surface area contributed by atoms with Crippen molar-refractivity contribution in [2.45, 2.75) is 24.3 Å². The van der Waals surface area contributed by atoms with E-state index in [2.05, 4.69) is 15.9 Å². The molecule has 1 aliphatic heterocycles. The van der Waals surface area contributed by atoms with Crippen molar-refractivity contribution in [1.29, 1.82) is 0 Å². The largest absolute Gasteiger partial charge is 0.462 e. The summed E-state index contributed by atoms with van der Waals surface area (Å²) in [7, 11) is 0. The molecule has 1 saturated heterocycles. The van der Waals surface area contributed by atoms with Crippen LogP contribution in [0.15, 0.2) is 0 Å². The normalized spacial score (nSPS) is 37.5. The third-order valence-electron chi connectivity index (χ3n) is 1.11. The number of esters is 1. The maximum Gasteiger partial charge on any atom is 0.320 e. The molecule has 0 aromatic rings. The zero-order valence-corrected chi connectivity index (χ0v) is 6.14. The maximum absolute atomic E-state index is 10.5. The molecule has 0 saturated carbocycles. The van der Waals surface area contributed by atoms with Crippen molar-refractivity contribution in [1.82, 2.24) is 0 Å². The smallest absolute Gasteiger partial charge is 0.320 e. The lowest BCUT2D eigenvalue weighted by Gasteiger charge is -1.95.